The van der Waals surface area contributed by atoms with E-state index < -0.39 is 11.6 Å². The molecule has 0 aromatic rings. The summed E-state index contributed by atoms with van der Waals surface area (Å²) in [6.45, 7) is 13.4. The Morgan fingerprint density at radius 2 is 1.62 bits per heavy atom. The van der Waals surface area contributed by atoms with Crippen LogP contribution in [0, 0.1) is 17.8 Å². The Labute approximate surface area is 128 Å². The SMILES string of the molecule is CC(C)CC(=O)NC(C(=O)NCC(C)(O)C(C)C)C(C)C. The summed E-state index contributed by atoms with van der Waals surface area (Å²) in [7, 11) is 0. The Bertz CT molecular complexity index is 349. The van der Waals surface area contributed by atoms with Gasteiger partial charge in [-0.3, -0.25) is 9.59 Å². The molecule has 0 spiro atoms. The van der Waals surface area contributed by atoms with Crippen LogP contribution in [-0.4, -0.2) is 35.1 Å². The van der Waals surface area contributed by atoms with Crippen LogP contribution in [-0.2, 0) is 9.59 Å². The third-order valence-electron chi connectivity index (χ3n) is 3.72. The van der Waals surface area contributed by atoms with Crippen molar-refractivity contribution in [1.82, 2.24) is 10.6 Å². The van der Waals surface area contributed by atoms with Crippen molar-refractivity contribution in [3.63, 3.8) is 0 Å². The van der Waals surface area contributed by atoms with E-state index in [1.807, 2.05) is 41.5 Å². The Morgan fingerprint density at radius 1 is 1.10 bits per heavy atom. The number of carbonyl (C=O) groups excluding carboxylic acids is 2. The van der Waals surface area contributed by atoms with E-state index in [1.54, 1.807) is 6.92 Å². The molecule has 0 radical (unpaired) electrons. The second-order valence-corrected chi connectivity index (χ2v) is 7.12. The van der Waals surface area contributed by atoms with Gasteiger partial charge in [0.25, 0.3) is 0 Å². The number of rotatable bonds is 8. The zero-order chi connectivity index (χ0) is 16.8. The predicted octanol–water partition coefficient (Wildman–Crippen LogP) is 1.70. The molecule has 0 rings (SSSR count). The number of hydrogen-bond donors (Lipinski definition) is 3. The van der Waals surface area contributed by atoms with Crippen LogP contribution in [0.4, 0.5) is 0 Å². The number of hydrogen-bond acceptors (Lipinski definition) is 3. The zero-order valence-electron chi connectivity index (χ0n) is 14.5. The molecule has 5 nitrogen and oxygen atoms in total. The first-order valence-corrected chi connectivity index (χ1v) is 7.76. The first-order chi connectivity index (χ1) is 9.47. The monoisotopic (exact) mass is 300 g/mol. The molecule has 0 aromatic carbocycles. The van der Waals surface area contributed by atoms with Gasteiger partial charge >= 0.3 is 0 Å². The van der Waals surface area contributed by atoms with Gasteiger partial charge in [-0.15, -0.1) is 0 Å². The lowest BCUT2D eigenvalue weighted by Crippen LogP contribution is -2.53. The van der Waals surface area contributed by atoms with E-state index in [0.717, 1.165) is 0 Å². The number of carbonyl (C=O) groups is 2. The lowest BCUT2D eigenvalue weighted by molar-refractivity contribution is -0.131. The van der Waals surface area contributed by atoms with Crippen LogP contribution < -0.4 is 10.6 Å². The third-order valence-corrected chi connectivity index (χ3v) is 3.72. The van der Waals surface area contributed by atoms with E-state index in [0.29, 0.717) is 6.42 Å². The van der Waals surface area contributed by atoms with Gasteiger partial charge in [0.05, 0.1) is 5.60 Å². The van der Waals surface area contributed by atoms with Gasteiger partial charge in [0, 0.05) is 13.0 Å². The van der Waals surface area contributed by atoms with E-state index >= 15 is 0 Å². The van der Waals surface area contributed by atoms with Gasteiger partial charge in [-0.05, 0) is 24.7 Å². The molecule has 2 amide bonds. The van der Waals surface area contributed by atoms with Gasteiger partial charge in [0.2, 0.25) is 11.8 Å². The van der Waals surface area contributed by atoms with E-state index in [2.05, 4.69) is 10.6 Å². The lowest BCUT2D eigenvalue weighted by atomic mass is 9.92. The summed E-state index contributed by atoms with van der Waals surface area (Å²) in [6, 6.07) is -0.570. The van der Waals surface area contributed by atoms with Gasteiger partial charge in [-0.25, -0.2) is 0 Å². The minimum atomic E-state index is -0.959. The van der Waals surface area contributed by atoms with E-state index in [1.165, 1.54) is 0 Å². The van der Waals surface area contributed by atoms with Crippen LogP contribution in [0.15, 0.2) is 0 Å². The van der Waals surface area contributed by atoms with E-state index in [9.17, 15) is 14.7 Å². The second kappa shape index (κ2) is 8.37. The van der Waals surface area contributed by atoms with Gasteiger partial charge in [-0.1, -0.05) is 41.5 Å². The highest BCUT2D eigenvalue weighted by molar-refractivity contribution is 5.87. The first kappa shape index (κ1) is 19.9. The topological polar surface area (TPSA) is 78.4 Å². The normalized spacial score (nSPS) is 16.0. The molecule has 5 heteroatoms. The lowest BCUT2D eigenvalue weighted by Gasteiger charge is -2.29. The molecule has 0 aliphatic heterocycles. The summed E-state index contributed by atoms with van der Waals surface area (Å²) in [5.74, 6) is -0.0870. The Hall–Kier alpha value is -1.10. The fourth-order valence-corrected chi connectivity index (χ4v) is 1.72. The molecule has 0 bridgehead atoms. The zero-order valence-corrected chi connectivity index (χ0v) is 14.5. The molecule has 0 saturated carbocycles. The molecule has 0 saturated heterocycles. The molecule has 124 valence electrons. The van der Waals surface area contributed by atoms with Crippen LogP contribution >= 0.6 is 0 Å². The van der Waals surface area contributed by atoms with Crippen molar-refractivity contribution in [1.29, 1.82) is 0 Å². The van der Waals surface area contributed by atoms with Crippen molar-refractivity contribution in [3.05, 3.63) is 0 Å². The smallest absolute Gasteiger partial charge is 0.242 e. The Balaban J connectivity index is 4.61. The minimum absolute atomic E-state index is 0.00916. The molecule has 0 aromatic heterocycles. The Morgan fingerprint density at radius 3 is 2.00 bits per heavy atom. The molecule has 2 unspecified atom stereocenters. The van der Waals surface area contributed by atoms with Crippen molar-refractivity contribution in [2.75, 3.05) is 6.54 Å². The molecule has 0 heterocycles. The summed E-state index contributed by atoms with van der Waals surface area (Å²) in [6.07, 6.45) is 0.403. The van der Waals surface area contributed by atoms with Crippen LogP contribution in [0.3, 0.4) is 0 Å². The molecule has 0 aliphatic rings. The van der Waals surface area contributed by atoms with Gasteiger partial charge in [0.15, 0.2) is 0 Å². The summed E-state index contributed by atoms with van der Waals surface area (Å²) in [5.41, 5.74) is -0.959. The van der Waals surface area contributed by atoms with Crippen molar-refractivity contribution in [2.24, 2.45) is 17.8 Å². The highest BCUT2D eigenvalue weighted by Gasteiger charge is 2.29. The summed E-state index contributed by atoms with van der Waals surface area (Å²) >= 11 is 0. The molecule has 3 N–H and O–H groups in total. The maximum atomic E-state index is 12.2. The van der Waals surface area contributed by atoms with E-state index in [-0.39, 0.29) is 36.1 Å². The van der Waals surface area contributed by atoms with Crippen molar-refractivity contribution >= 4 is 11.8 Å². The molecular formula is C16H32N2O3. The number of aliphatic hydroxyl groups is 1. The summed E-state index contributed by atoms with van der Waals surface area (Å²) in [4.78, 5) is 24.1. The molecule has 2 atom stereocenters. The van der Waals surface area contributed by atoms with Gasteiger partial charge in [0.1, 0.15) is 6.04 Å². The van der Waals surface area contributed by atoms with Crippen LogP contribution in [0.1, 0.15) is 54.9 Å². The molecule has 21 heavy (non-hydrogen) atoms. The highest BCUT2D eigenvalue weighted by Crippen LogP contribution is 2.14. The predicted molar refractivity (Wildman–Crippen MR) is 84.7 cm³/mol. The quantitative estimate of drug-likeness (QED) is 0.638. The minimum Gasteiger partial charge on any atom is -0.388 e. The first-order valence-electron chi connectivity index (χ1n) is 7.76. The van der Waals surface area contributed by atoms with Crippen LogP contribution in [0.25, 0.3) is 0 Å². The van der Waals surface area contributed by atoms with Crippen molar-refractivity contribution in [2.45, 2.75) is 66.5 Å². The molecule has 0 fully saturated rings. The van der Waals surface area contributed by atoms with Gasteiger partial charge < -0.3 is 15.7 Å². The summed E-state index contributed by atoms with van der Waals surface area (Å²) < 4.78 is 0. The van der Waals surface area contributed by atoms with E-state index in [4.69, 9.17) is 0 Å². The van der Waals surface area contributed by atoms with Crippen LogP contribution in [0.5, 0.6) is 0 Å². The fourth-order valence-electron chi connectivity index (χ4n) is 1.72. The van der Waals surface area contributed by atoms with Crippen LogP contribution in [0.2, 0.25) is 0 Å². The van der Waals surface area contributed by atoms with Crippen molar-refractivity contribution < 1.29 is 14.7 Å². The number of amides is 2. The average molecular weight is 300 g/mol. The highest BCUT2D eigenvalue weighted by atomic mass is 16.3. The largest absolute Gasteiger partial charge is 0.388 e. The second-order valence-electron chi connectivity index (χ2n) is 7.12. The molecular weight excluding hydrogens is 268 g/mol. The maximum Gasteiger partial charge on any atom is 0.242 e. The van der Waals surface area contributed by atoms with Crippen molar-refractivity contribution in [3.8, 4) is 0 Å². The average Bonchev–Trinajstić information content (AvgIpc) is 2.31. The maximum absolute atomic E-state index is 12.2. The third kappa shape index (κ3) is 7.46. The Kier molecular flexibility index (Phi) is 7.93. The van der Waals surface area contributed by atoms with Gasteiger partial charge in [-0.2, -0.15) is 0 Å². The molecule has 0 aliphatic carbocycles. The standard InChI is InChI=1S/C16H32N2O3/c1-10(2)8-13(19)18-14(11(3)4)15(20)17-9-16(7,21)12(5)6/h10-12,14,21H,8-9H2,1-7H3,(H,17,20)(H,18,19). The summed E-state index contributed by atoms with van der Waals surface area (Å²) in [5, 5.41) is 15.7. The number of nitrogens with one attached hydrogen (secondary N) is 2. The fraction of sp³-hybridized carbons (Fsp3) is 0.875.